The zero-order valence-electron chi connectivity index (χ0n) is 13.5. The highest BCUT2D eigenvalue weighted by molar-refractivity contribution is 5.66. The van der Waals surface area contributed by atoms with Crippen molar-refractivity contribution in [1.29, 1.82) is 0 Å². The van der Waals surface area contributed by atoms with E-state index < -0.39 is 23.9 Å². The minimum absolute atomic E-state index is 0.298. The number of alkyl halides is 3. The average Bonchev–Trinajstić information content (AvgIpc) is 2.61. The van der Waals surface area contributed by atoms with Crippen LogP contribution in [0, 0.1) is 0 Å². The molecule has 0 saturated heterocycles. The number of alkyl carbamates (subject to hydrolysis) is 1. The first-order valence-electron chi connectivity index (χ1n) is 7.61. The summed E-state index contributed by atoms with van der Waals surface area (Å²) in [6.45, 7) is 0.298. The lowest BCUT2D eigenvalue weighted by Gasteiger charge is -2.20. The van der Waals surface area contributed by atoms with E-state index in [0.29, 0.717) is 18.7 Å². The number of hydrogen-bond donors (Lipinski definition) is 1. The first-order valence-corrected chi connectivity index (χ1v) is 7.61. The van der Waals surface area contributed by atoms with Gasteiger partial charge in [-0.3, -0.25) is 0 Å². The van der Waals surface area contributed by atoms with Crippen LogP contribution in [-0.4, -0.2) is 19.7 Å². The third-order valence-corrected chi connectivity index (χ3v) is 3.49. The van der Waals surface area contributed by atoms with Gasteiger partial charge < -0.3 is 14.8 Å². The van der Waals surface area contributed by atoms with E-state index in [1.165, 1.54) is 19.2 Å². The number of hydrogen-bond acceptors (Lipinski definition) is 3. The highest BCUT2D eigenvalue weighted by Crippen LogP contribution is 2.31. The Morgan fingerprint density at radius 3 is 2.28 bits per heavy atom. The molecule has 7 heteroatoms. The third-order valence-electron chi connectivity index (χ3n) is 3.49. The topological polar surface area (TPSA) is 47.6 Å². The van der Waals surface area contributed by atoms with Crippen LogP contribution >= 0.6 is 0 Å². The number of rotatable bonds is 6. The molecule has 1 atom stereocenters. The largest absolute Gasteiger partial charge is 0.486 e. The quantitative estimate of drug-likeness (QED) is 0.827. The van der Waals surface area contributed by atoms with Gasteiger partial charge in [0.25, 0.3) is 0 Å². The number of halogens is 3. The molecule has 2 rings (SSSR count). The summed E-state index contributed by atoms with van der Waals surface area (Å²) in [5.41, 5.74) is 0.123. The molecule has 0 aliphatic rings. The number of amides is 1. The molecule has 0 heterocycles. The summed E-state index contributed by atoms with van der Waals surface area (Å²) >= 11 is 0. The van der Waals surface area contributed by atoms with Gasteiger partial charge in [0.1, 0.15) is 11.9 Å². The van der Waals surface area contributed by atoms with Crippen molar-refractivity contribution < 1.29 is 27.4 Å². The number of benzene rings is 2. The van der Waals surface area contributed by atoms with E-state index in [2.05, 4.69) is 10.1 Å². The van der Waals surface area contributed by atoms with Crippen molar-refractivity contribution in [2.45, 2.75) is 18.7 Å². The molecule has 0 spiro atoms. The van der Waals surface area contributed by atoms with Crippen LogP contribution in [-0.2, 0) is 10.9 Å². The van der Waals surface area contributed by atoms with Crippen LogP contribution in [0.5, 0.6) is 5.75 Å². The third kappa shape index (κ3) is 5.70. The molecule has 134 valence electrons. The van der Waals surface area contributed by atoms with Gasteiger partial charge in [-0.1, -0.05) is 30.3 Å². The highest BCUT2D eigenvalue weighted by atomic mass is 19.4. The molecule has 4 nitrogen and oxygen atoms in total. The molecule has 1 unspecified atom stereocenters. The molecule has 1 amide bonds. The van der Waals surface area contributed by atoms with Crippen LogP contribution < -0.4 is 10.1 Å². The summed E-state index contributed by atoms with van der Waals surface area (Å²) in [4.78, 5) is 11.1. The lowest BCUT2D eigenvalue weighted by molar-refractivity contribution is -0.137. The summed E-state index contributed by atoms with van der Waals surface area (Å²) in [7, 11) is 1.27. The van der Waals surface area contributed by atoms with Crippen molar-refractivity contribution in [3.63, 3.8) is 0 Å². The predicted octanol–water partition coefficient (Wildman–Crippen LogP) is 4.57. The molecule has 0 radical (unpaired) electrons. The summed E-state index contributed by atoms with van der Waals surface area (Å²) in [5.74, 6) is 0.319. The molecule has 0 aromatic heterocycles. The van der Waals surface area contributed by atoms with Crippen LogP contribution in [0.4, 0.5) is 18.0 Å². The number of ether oxygens (including phenoxy) is 2. The van der Waals surface area contributed by atoms with Crippen molar-refractivity contribution >= 4 is 6.09 Å². The fourth-order valence-corrected chi connectivity index (χ4v) is 2.23. The lowest BCUT2D eigenvalue weighted by Crippen LogP contribution is -2.26. The van der Waals surface area contributed by atoms with E-state index in [4.69, 9.17) is 4.74 Å². The van der Waals surface area contributed by atoms with Gasteiger partial charge in [0.05, 0.1) is 12.7 Å². The Kier molecular flexibility index (Phi) is 6.27. The fourth-order valence-electron chi connectivity index (χ4n) is 2.23. The number of nitrogens with one attached hydrogen (secondary N) is 1. The molecule has 2 aromatic rings. The molecule has 0 aliphatic carbocycles. The minimum Gasteiger partial charge on any atom is -0.486 e. The van der Waals surface area contributed by atoms with Crippen LogP contribution in [0.1, 0.15) is 23.7 Å². The number of carbonyl (C=O) groups excluding carboxylic acids is 1. The van der Waals surface area contributed by atoms with Gasteiger partial charge in [-0.05, 0) is 29.8 Å². The number of methoxy groups -OCH3 is 1. The first kappa shape index (κ1) is 18.6. The second-order valence-electron chi connectivity index (χ2n) is 5.25. The summed E-state index contributed by atoms with van der Waals surface area (Å²) in [6, 6.07) is 13.8. The first-order chi connectivity index (χ1) is 11.9. The maximum atomic E-state index is 12.6. The Bertz CT molecular complexity index is 672. The van der Waals surface area contributed by atoms with E-state index in [9.17, 15) is 18.0 Å². The Morgan fingerprint density at radius 2 is 1.72 bits per heavy atom. The molecule has 1 N–H and O–H groups in total. The molecule has 25 heavy (non-hydrogen) atoms. The van der Waals surface area contributed by atoms with Crippen LogP contribution in [0.2, 0.25) is 0 Å². The second kappa shape index (κ2) is 8.41. The zero-order chi connectivity index (χ0) is 18.3. The predicted molar refractivity (Wildman–Crippen MR) is 86.3 cm³/mol. The molecule has 0 saturated carbocycles. The lowest BCUT2D eigenvalue weighted by atomic mass is 10.1. The van der Waals surface area contributed by atoms with Gasteiger partial charge in [-0.15, -0.1) is 0 Å². The highest BCUT2D eigenvalue weighted by Gasteiger charge is 2.30. The summed E-state index contributed by atoms with van der Waals surface area (Å²) in [5, 5.41) is 2.56. The van der Waals surface area contributed by atoms with Gasteiger partial charge in [-0.25, -0.2) is 4.79 Å². The van der Waals surface area contributed by atoms with Crippen molar-refractivity contribution in [3.8, 4) is 5.75 Å². The van der Waals surface area contributed by atoms with Gasteiger partial charge in [0.15, 0.2) is 0 Å². The Labute approximate surface area is 143 Å². The van der Waals surface area contributed by atoms with E-state index in [-0.39, 0.29) is 0 Å². The van der Waals surface area contributed by atoms with Crippen molar-refractivity contribution in [3.05, 3.63) is 65.7 Å². The van der Waals surface area contributed by atoms with Gasteiger partial charge >= 0.3 is 12.3 Å². The molecule has 0 bridgehead atoms. The standard InChI is InChI=1S/C18H18F3NO3/c1-24-17(23)22-12-11-16(13-5-3-2-4-6-13)25-15-9-7-14(8-10-15)18(19,20)21/h2-10,16H,11-12H2,1H3,(H,22,23). The molecule has 2 aromatic carbocycles. The SMILES string of the molecule is COC(=O)NCCC(Oc1ccc(C(F)(F)F)cc1)c1ccccc1. The van der Waals surface area contributed by atoms with Gasteiger partial charge in [0, 0.05) is 13.0 Å². The second-order valence-corrected chi connectivity index (χ2v) is 5.25. The van der Waals surface area contributed by atoms with E-state index in [1.54, 1.807) is 0 Å². The van der Waals surface area contributed by atoms with Crippen LogP contribution in [0.3, 0.4) is 0 Å². The smallest absolute Gasteiger partial charge is 0.416 e. The maximum Gasteiger partial charge on any atom is 0.416 e. The van der Waals surface area contributed by atoms with Crippen molar-refractivity contribution in [2.75, 3.05) is 13.7 Å². The Morgan fingerprint density at radius 1 is 1.08 bits per heavy atom. The zero-order valence-corrected chi connectivity index (χ0v) is 13.5. The summed E-state index contributed by atoms with van der Waals surface area (Å²) < 4.78 is 48.2. The van der Waals surface area contributed by atoms with Crippen LogP contribution in [0.15, 0.2) is 54.6 Å². The van der Waals surface area contributed by atoms with E-state index in [0.717, 1.165) is 17.7 Å². The molecule has 0 fully saturated rings. The molecular formula is C18H18F3NO3. The fraction of sp³-hybridized carbons (Fsp3) is 0.278. The molecular weight excluding hydrogens is 335 g/mol. The molecule has 0 aliphatic heterocycles. The van der Waals surface area contributed by atoms with E-state index in [1.807, 2.05) is 30.3 Å². The summed E-state index contributed by atoms with van der Waals surface area (Å²) in [6.07, 6.45) is -4.93. The van der Waals surface area contributed by atoms with Crippen molar-refractivity contribution in [2.24, 2.45) is 0 Å². The Balaban J connectivity index is 2.09. The van der Waals surface area contributed by atoms with Gasteiger partial charge in [0.2, 0.25) is 0 Å². The Hall–Kier alpha value is -2.70. The normalized spacial score (nSPS) is 12.3. The van der Waals surface area contributed by atoms with Gasteiger partial charge in [-0.2, -0.15) is 13.2 Å². The average molecular weight is 353 g/mol. The van der Waals surface area contributed by atoms with E-state index >= 15 is 0 Å². The van der Waals surface area contributed by atoms with Crippen LogP contribution in [0.25, 0.3) is 0 Å². The monoisotopic (exact) mass is 353 g/mol. The minimum atomic E-state index is -4.39. The van der Waals surface area contributed by atoms with Crippen molar-refractivity contribution in [1.82, 2.24) is 5.32 Å². The number of carbonyl (C=O) groups is 1. The maximum absolute atomic E-state index is 12.6.